The summed E-state index contributed by atoms with van der Waals surface area (Å²) in [6, 6.07) is 19.0. The number of hydrogen-bond donors (Lipinski definition) is 1. The fourth-order valence-corrected chi connectivity index (χ4v) is 4.36. The maximum Gasteiger partial charge on any atom is 0.156 e. The fraction of sp³-hybridized carbons (Fsp3) is 0.320. The number of furan rings is 1. The summed E-state index contributed by atoms with van der Waals surface area (Å²) in [5.41, 5.74) is 4.24. The van der Waals surface area contributed by atoms with Gasteiger partial charge in [0.25, 0.3) is 0 Å². The minimum Gasteiger partial charge on any atom is -0.497 e. The summed E-state index contributed by atoms with van der Waals surface area (Å²) in [6.45, 7) is 2.88. The molecule has 160 valence electrons. The number of fused-ring (bicyclic) bond motifs is 1. The Balaban J connectivity index is 1.22. The van der Waals surface area contributed by atoms with Crippen LogP contribution in [0.3, 0.4) is 0 Å². The minimum absolute atomic E-state index is 0.498. The monoisotopic (exact) mass is 416 g/mol. The number of rotatable bonds is 6. The molecule has 1 aliphatic rings. The highest BCUT2D eigenvalue weighted by atomic mass is 16.5. The van der Waals surface area contributed by atoms with Crippen molar-refractivity contribution >= 4 is 16.7 Å². The molecule has 0 spiro atoms. The molecule has 1 N–H and O–H groups in total. The van der Waals surface area contributed by atoms with Crippen LogP contribution in [0.5, 0.6) is 5.75 Å². The third-order valence-corrected chi connectivity index (χ3v) is 6.08. The lowest BCUT2D eigenvalue weighted by atomic mass is 10.0. The third kappa shape index (κ3) is 4.16. The Kier molecular flexibility index (Phi) is 5.38. The van der Waals surface area contributed by atoms with Gasteiger partial charge in [-0.3, -0.25) is 4.68 Å². The lowest BCUT2D eigenvalue weighted by Gasteiger charge is -2.34. The van der Waals surface area contributed by atoms with Gasteiger partial charge in [0, 0.05) is 55.6 Å². The smallest absolute Gasteiger partial charge is 0.156 e. The normalized spacial score (nSPS) is 15.0. The van der Waals surface area contributed by atoms with E-state index in [4.69, 9.17) is 9.15 Å². The van der Waals surface area contributed by atoms with Crippen LogP contribution in [0.1, 0.15) is 18.4 Å². The summed E-state index contributed by atoms with van der Waals surface area (Å²) >= 11 is 0. The molecule has 31 heavy (non-hydrogen) atoms. The minimum atomic E-state index is 0.498. The summed E-state index contributed by atoms with van der Waals surface area (Å²) in [7, 11) is 3.66. The van der Waals surface area contributed by atoms with Crippen molar-refractivity contribution in [2.75, 3.05) is 25.1 Å². The van der Waals surface area contributed by atoms with Crippen LogP contribution in [0.25, 0.3) is 22.4 Å². The van der Waals surface area contributed by atoms with Gasteiger partial charge in [-0.25, -0.2) is 0 Å². The number of piperidine rings is 1. The second-order valence-electron chi connectivity index (χ2n) is 8.17. The number of methoxy groups -OCH3 is 1. The Labute approximate surface area is 182 Å². The van der Waals surface area contributed by atoms with E-state index in [2.05, 4.69) is 45.8 Å². The highest BCUT2D eigenvalue weighted by Gasteiger charge is 2.21. The van der Waals surface area contributed by atoms with Gasteiger partial charge in [-0.2, -0.15) is 5.10 Å². The molecule has 5 rings (SSSR count). The number of anilines is 1. The maximum atomic E-state index is 6.06. The Morgan fingerprint density at radius 1 is 1.10 bits per heavy atom. The molecular formula is C25H28N4O2. The lowest BCUT2D eigenvalue weighted by Crippen LogP contribution is -2.42. The van der Waals surface area contributed by atoms with Crippen LogP contribution in [0.2, 0.25) is 0 Å². The number of para-hydroxylation sites is 1. The number of aryl methyl sites for hydroxylation is 1. The molecule has 0 aliphatic carbocycles. The van der Waals surface area contributed by atoms with Crippen molar-refractivity contribution in [3.05, 3.63) is 66.4 Å². The summed E-state index contributed by atoms with van der Waals surface area (Å²) in [5, 5.41) is 9.52. The predicted molar refractivity (Wildman–Crippen MR) is 123 cm³/mol. The van der Waals surface area contributed by atoms with E-state index < -0.39 is 0 Å². The summed E-state index contributed by atoms with van der Waals surface area (Å²) in [4.78, 5) is 2.45. The Morgan fingerprint density at radius 2 is 1.87 bits per heavy atom. The van der Waals surface area contributed by atoms with E-state index in [0.717, 1.165) is 60.6 Å². The molecule has 1 saturated heterocycles. The average molecular weight is 417 g/mol. The predicted octanol–water partition coefficient (Wildman–Crippen LogP) is 4.60. The number of nitrogens with zero attached hydrogens (tertiary/aromatic N) is 3. The van der Waals surface area contributed by atoms with Gasteiger partial charge >= 0.3 is 0 Å². The quantitative estimate of drug-likeness (QED) is 0.498. The molecular weight excluding hydrogens is 388 g/mol. The van der Waals surface area contributed by atoms with Crippen molar-refractivity contribution < 1.29 is 9.15 Å². The zero-order chi connectivity index (χ0) is 21.2. The van der Waals surface area contributed by atoms with Crippen molar-refractivity contribution in [1.29, 1.82) is 0 Å². The van der Waals surface area contributed by atoms with Crippen molar-refractivity contribution in [3.63, 3.8) is 0 Å². The van der Waals surface area contributed by atoms with E-state index in [-0.39, 0.29) is 0 Å². The number of ether oxygens (including phenoxy) is 1. The van der Waals surface area contributed by atoms with Crippen LogP contribution >= 0.6 is 0 Å². The van der Waals surface area contributed by atoms with Gasteiger partial charge in [0.2, 0.25) is 0 Å². The standard InChI is InChI=1S/C25H28N4O2/c1-28-17-19(25(27-28)24-15-18-5-3-4-6-23(18)31-24)16-26-20-11-13-29(14-12-20)21-7-9-22(30-2)10-8-21/h3-10,15,17,20,26H,11-14,16H2,1-2H3. The van der Waals surface area contributed by atoms with Gasteiger partial charge in [0.1, 0.15) is 17.0 Å². The SMILES string of the molecule is COc1ccc(N2CCC(NCc3cn(C)nc3-c3cc4ccccc4o3)CC2)cc1. The van der Waals surface area contributed by atoms with Crippen molar-refractivity contribution in [3.8, 4) is 17.2 Å². The van der Waals surface area contributed by atoms with E-state index in [1.807, 2.05) is 42.1 Å². The summed E-state index contributed by atoms with van der Waals surface area (Å²) in [5.74, 6) is 1.73. The van der Waals surface area contributed by atoms with Gasteiger partial charge in [0.15, 0.2) is 5.76 Å². The molecule has 0 bridgehead atoms. The van der Waals surface area contributed by atoms with E-state index >= 15 is 0 Å². The van der Waals surface area contributed by atoms with E-state index in [1.165, 1.54) is 11.3 Å². The Bertz CT molecular complexity index is 1120. The van der Waals surface area contributed by atoms with Crippen molar-refractivity contribution in [1.82, 2.24) is 15.1 Å². The molecule has 2 aromatic carbocycles. The first kappa shape index (κ1) is 19.7. The molecule has 0 unspecified atom stereocenters. The van der Waals surface area contributed by atoms with Crippen LogP contribution in [-0.2, 0) is 13.6 Å². The van der Waals surface area contributed by atoms with Crippen LogP contribution in [0.4, 0.5) is 5.69 Å². The molecule has 0 atom stereocenters. The van der Waals surface area contributed by atoms with Crippen molar-refractivity contribution in [2.24, 2.45) is 7.05 Å². The largest absolute Gasteiger partial charge is 0.497 e. The zero-order valence-electron chi connectivity index (χ0n) is 18.0. The maximum absolute atomic E-state index is 6.06. The Hall–Kier alpha value is -3.25. The first-order chi connectivity index (χ1) is 15.2. The topological polar surface area (TPSA) is 55.5 Å². The summed E-state index contributed by atoms with van der Waals surface area (Å²) < 4.78 is 13.2. The lowest BCUT2D eigenvalue weighted by molar-refractivity contribution is 0.411. The van der Waals surface area contributed by atoms with Gasteiger partial charge < -0.3 is 19.4 Å². The second kappa shape index (κ2) is 8.47. The molecule has 6 nitrogen and oxygen atoms in total. The fourth-order valence-electron chi connectivity index (χ4n) is 4.36. The molecule has 6 heteroatoms. The molecule has 0 radical (unpaired) electrons. The van der Waals surface area contributed by atoms with Crippen LogP contribution in [0, 0.1) is 0 Å². The summed E-state index contributed by atoms with van der Waals surface area (Å²) in [6.07, 6.45) is 4.32. The molecule has 1 fully saturated rings. The van der Waals surface area contributed by atoms with Gasteiger partial charge in [-0.05, 0) is 49.2 Å². The highest BCUT2D eigenvalue weighted by Crippen LogP contribution is 2.29. The van der Waals surface area contributed by atoms with Gasteiger partial charge in [-0.1, -0.05) is 18.2 Å². The highest BCUT2D eigenvalue weighted by molar-refractivity contribution is 5.82. The van der Waals surface area contributed by atoms with E-state index in [0.29, 0.717) is 6.04 Å². The zero-order valence-corrected chi connectivity index (χ0v) is 18.0. The molecule has 0 amide bonds. The molecule has 3 heterocycles. The molecule has 0 saturated carbocycles. The van der Waals surface area contributed by atoms with Crippen LogP contribution in [0.15, 0.2) is 65.2 Å². The molecule has 1 aliphatic heterocycles. The average Bonchev–Trinajstić information content (AvgIpc) is 3.41. The van der Waals surface area contributed by atoms with Crippen LogP contribution in [-0.4, -0.2) is 36.0 Å². The van der Waals surface area contributed by atoms with Crippen LogP contribution < -0.4 is 15.0 Å². The number of benzene rings is 2. The third-order valence-electron chi connectivity index (χ3n) is 6.08. The number of nitrogens with one attached hydrogen (secondary N) is 1. The first-order valence-electron chi connectivity index (χ1n) is 10.8. The van der Waals surface area contributed by atoms with Gasteiger partial charge in [-0.15, -0.1) is 0 Å². The molecule has 2 aromatic heterocycles. The number of hydrogen-bond acceptors (Lipinski definition) is 5. The van der Waals surface area contributed by atoms with E-state index in [9.17, 15) is 0 Å². The Morgan fingerprint density at radius 3 is 2.61 bits per heavy atom. The number of aromatic nitrogens is 2. The van der Waals surface area contributed by atoms with E-state index in [1.54, 1.807) is 7.11 Å². The molecule has 4 aromatic rings. The second-order valence-corrected chi connectivity index (χ2v) is 8.17. The first-order valence-corrected chi connectivity index (χ1v) is 10.8. The van der Waals surface area contributed by atoms with Crippen molar-refractivity contribution in [2.45, 2.75) is 25.4 Å². The van der Waals surface area contributed by atoms with Gasteiger partial charge in [0.05, 0.1) is 7.11 Å².